The molecular weight excluding hydrogens is 212 g/mol. The van der Waals surface area contributed by atoms with Gasteiger partial charge >= 0.3 is 0 Å². The Balaban J connectivity index is 2.24. The van der Waals surface area contributed by atoms with Gasteiger partial charge in [0.2, 0.25) is 0 Å². The molecule has 0 fully saturated rings. The zero-order valence-electron chi connectivity index (χ0n) is 11.2. The molecule has 0 aliphatic carbocycles. The van der Waals surface area contributed by atoms with Crippen LogP contribution in [0.2, 0.25) is 0 Å². The quantitative estimate of drug-likeness (QED) is 0.854. The van der Waals surface area contributed by atoms with Crippen molar-refractivity contribution in [2.45, 2.75) is 65.0 Å². The summed E-state index contributed by atoms with van der Waals surface area (Å²) in [6, 6.07) is 0.342. The highest BCUT2D eigenvalue weighted by atomic mass is 15.3. The van der Waals surface area contributed by atoms with Crippen molar-refractivity contribution in [1.82, 2.24) is 20.1 Å². The van der Waals surface area contributed by atoms with Crippen molar-refractivity contribution < 1.29 is 0 Å². The van der Waals surface area contributed by atoms with Crippen LogP contribution in [-0.2, 0) is 6.54 Å². The van der Waals surface area contributed by atoms with Gasteiger partial charge in [0.05, 0.1) is 6.04 Å². The van der Waals surface area contributed by atoms with E-state index in [4.69, 9.17) is 0 Å². The summed E-state index contributed by atoms with van der Waals surface area (Å²) in [7, 11) is 0. The molecular formula is C13H24N4. The maximum absolute atomic E-state index is 4.46. The molecule has 1 atom stereocenters. The van der Waals surface area contributed by atoms with Crippen LogP contribution in [0.4, 0.5) is 0 Å². The predicted octanol–water partition coefficient (Wildman–Crippen LogP) is 2.63. The Morgan fingerprint density at radius 1 is 1.29 bits per heavy atom. The summed E-state index contributed by atoms with van der Waals surface area (Å²) >= 11 is 0. The Labute approximate surface area is 104 Å². The van der Waals surface area contributed by atoms with Gasteiger partial charge in [0.25, 0.3) is 0 Å². The van der Waals surface area contributed by atoms with Crippen LogP contribution < -0.4 is 5.32 Å². The van der Waals surface area contributed by atoms with Crippen molar-refractivity contribution in [3.8, 4) is 0 Å². The van der Waals surface area contributed by atoms with Gasteiger partial charge in [-0.3, -0.25) is 0 Å². The normalized spacial score (nSPS) is 19.6. The monoisotopic (exact) mass is 236 g/mol. The summed E-state index contributed by atoms with van der Waals surface area (Å²) in [6.45, 7) is 8.72. The first kappa shape index (κ1) is 12.6. The van der Waals surface area contributed by atoms with Gasteiger partial charge in [0.15, 0.2) is 0 Å². The van der Waals surface area contributed by atoms with E-state index >= 15 is 0 Å². The smallest absolute Gasteiger partial charge is 0.149 e. The molecule has 1 aliphatic rings. The third kappa shape index (κ3) is 2.51. The highest BCUT2D eigenvalue weighted by Crippen LogP contribution is 2.27. The van der Waals surface area contributed by atoms with E-state index in [1.807, 2.05) is 0 Å². The molecule has 0 spiro atoms. The van der Waals surface area contributed by atoms with Crippen LogP contribution in [0, 0.1) is 0 Å². The summed E-state index contributed by atoms with van der Waals surface area (Å²) in [5, 5.41) is 12.3. The van der Waals surface area contributed by atoms with E-state index in [0.717, 1.165) is 18.9 Å². The molecule has 0 bridgehead atoms. The lowest BCUT2D eigenvalue weighted by Gasteiger charge is -2.24. The molecule has 1 aromatic rings. The second-order valence-electron chi connectivity index (χ2n) is 5.02. The molecule has 0 amide bonds. The molecule has 1 N–H and O–H groups in total. The van der Waals surface area contributed by atoms with Crippen molar-refractivity contribution in [3.63, 3.8) is 0 Å². The highest BCUT2D eigenvalue weighted by Gasteiger charge is 2.25. The zero-order valence-corrected chi connectivity index (χ0v) is 11.2. The van der Waals surface area contributed by atoms with Crippen LogP contribution in [0.25, 0.3) is 0 Å². The molecule has 17 heavy (non-hydrogen) atoms. The molecule has 4 heteroatoms. The number of aromatic nitrogens is 3. The maximum atomic E-state index is 4.46. The van der Waals surface area contributed by atoms with Gasteiger partial charge in [-0.1, -0.05) is 26.7 Å². The van der Waals surface area contributed by atoms with E-state index in [1.54, 1.807) is 0 Å². The van der Waals surface area contributed by atoms with Gasteiger partial charge in [0.1, 0.15) is 11.6 Å². The Hall–Kier alpha value is -0.900. The summed E-state index contributed by atoms with van der Waals surface area (Å²) in [5.41, 5.74) is 0. The van der Waals surface area contributed by atoms with E-state index in [1.165, 1.54) is 31.5 Å². The summed E-state index contributed by atoms with van der Waals surface area (Å²) in [5.74, 6) is 2.93. The van der Waals surface area contributed by atoms with E-state index < -0.39 is 0 Å². The average Bonchev–Trinajstić information content (AvgIpc) is 2.74. The number of hydrogen-bond donors (Lipinski definition) is 1. The number of rotatable bonds is 5. The maximum Gasteiger partial charge on any atom is 0.149 e. The first-order valence-corrected chi connectivity index (χ1v) is 6.94. The molecule has 96 valence electrons. The third-order valence-electron chi connectivity index (χ3n) is 3.62. The summed E-state index contributed by atoms with van der Waals surface area (Å²) in [4.78, 5) is 0. The lowest BCUT2D eigenvalue weighted by Crippen LogP contribution is -2.33. The number of hydrogen-bond acceptors (Lipinski definition) is 3. The minimum absolute atomic E-state index is 0.342. The van der Waals surface area contributed by atoms with Crippen molar-refractivity contribution >= 4 is 0 Å². The molecule has 1 unspecified atom stereocenters. The Morgan fingerprint density at radius 3 is 2.65 bits per heavy atom. The average molecular weight is 236 g/mol. The van der Waals surface area contributed by atoms with Crippen LogP contribution in [0.15, 0.2) is 0 Å². The topological polar surface area (TPSA) is 42.7 Å². The van der Waals surface area contributed by atoms with Crippen LogP contribution in [0.3, 0.4) is 0 Å². The van der Waals surface area contributed by atoms with E-state index in [9.17, 15) is 0 Å². The Kier molecular flexibility index (Phi) is 4.15. The van der Waals surface area contributed by atoms with E-state index in [2.05, 4.69) is 40.9 Å². The minimum atomic E-state index is 0.342. The first-order valence-electron chi connectivity index (χ1n) is 6.94. The second-order valence-corrected chi connectivity index (χ2v) is 5.02. The van der Waals surface area contributed by atoms with Crippen molar-refractivity contribution in [3.05, 3.63) is 11.6 Å². The number of nitrogens with one attached hydrogen (secondary N) is 1. The molecule has 0 saturated carbocycles. The summed E-state index contributed by atoms with van der Waals surface area (Å²) < 4.78 is 2.34. The van der Waals surface area contributed by atoms with Crippen molar-refractivity contribution in [1.29, 1.82) is 0 Å². The van der Waals surface area contributed by atoms with E-state index in [-0.39, 0.29) is 0 Å². The van der Waals surface area contributed by atoms with Gasteiger partial charge < -0.3 is 9.88 Å². The SMILES string of the molecule is CCCC(CCC)c1nnc2n1CCNC2C. The van der Waals surface area contributed by atoms with Crippen LogP contribution in [-0.4, -0.2) is 21.3 Å². The standard InChI is InChI=1S/C13H24N4/c1-4-6-11(7-5-2)13-16-15-12-10(3)14-8-9-17(12)13/h10-11,14H,4-9H2,1-3H3. The van der Waals surface area contributed by atoms with Crippen LogP contribution >= 0.6 is 0 Å². The molecule has 1 aliphatic heterocycles. The molecule has 4 nitrogen and oxygen atoms in total. The van der Waals surface area contributed by atoms with Gasteiger partial charge in [-0.2, -0.15) is 0 Å². The Bertz CT molecular complexity index is 352. The lowest BCUT2D eigenvalue weighted by atomic mass is 9.97. The molecule has 1 aromatic heterocycles. The van der Waals surface area contributed by atoms with Crippen LogP contribution in [0.1, 0.15) is 70.1 Å². The minimum Gasteiger partial charge on any atom is -0.312 e. The predicted molar refractivity (Wildman–Crippen MR) is 69.0 cm³/mol. The van der Waals surface area contributed by atoms with Gasteiger partial charge in [-0.25, -0.2) is 0 Å². The molecule has 2 heterocycles. The van der Waals surface area contributed by atoms with E-state index in [0.29, 0.717) is 12.0 Å². The zero-order chi connectivity index (χ0) is 12.3. The Morgan fingerprint density at radius 2 is 2.00 bits per heavy atom. The van der Waals surface area contributed by atoms with Crippen LogP contribution in [0.5, 0.6) is 0 Å². The first-order chi connectivity index (χ1) is 8.27. The fourth-order valence-corrected chi connectivity index (χ4v) is 2.76. The van der Waals surface area contributed by atoms with Crippen molar-refractivity contribution in [2.24, 2.45) is 0 Å². The fraction of sp³-hybridized carbons (Fsp3) is 0.846. The number of nitrogens with zero attached hydrogens (tertiary/aromatic N) is 3. The summed E-state index contributed by atoms with van der Waals surface area (Å²) in [6.07, 6.45) is 4.91. The number of fused-ring (bicyclic) bond motifs is 1. The molecule has 0 saturated heterocycles. The largest absolute Gasteiger partial charge is 0.312 e. The second kappa shape index (κ2) is 5.63. The lowest BCUT2D eigenvalue weighted by molar-refractivity contribution is 0.413. The van der Waals surface area contributed by atoms with Crippen molar-refractivity contribution in [2.75, 3.05) is 6.54 Å². The van der Waals surface area contributed by atoms with Gasteiger partial charge in [-0.15, -0.1) is 10.2 Å². The molecule has 2 rings (SSSR count). The third-order valence-corrected chi connectivity index (χ3v) is 3.62. The molecule has 0 aromatic carbocycles. The molecule has 0 radical (unpaired) electrons. The highest BCUT2D eigenvalue weighted by molar-refractivity contribution is 5.07. The van der Waals surface area contributed by atoms with Gasteiger partial charge in [0, 0.05) is 19.0 Å². The fourth-order valence-electron chi connectivity index (χ4n) is 2.76. The van der Waals surface area contributed by atoms with Gasteiger partial charge in [-0.05, 0) is 19.8 Å².